The molecular weight excluding hydrogens is 441 g/mol. The maximum atomic E-state index is 6.36. The molecule has 0 heterocycles. The summed E-state index contributed by atoms with van der Waals surface area (Å²) in [6, 6.07) is 23.8. The zero-order chi connectivity index (χ0) is 23.0. The molecule has 0 amide bonds. The number of methoxy groups -OCH3 is 1. The van der Waals surface area contributed by atoms with Crippen molar-refractivity contribution in [2.75, 3.05) is 21.2 Å². The third kappa shape index (κ3) is 6.55. The van der Waals surface area contributed by atoms with E-state index < -0.39 is 6.64 Å². The third-order valence-electron chi connectivity index (χ3n) is 5.01. The van der Waals surface area contributed by atoms with Crippen LogP contribution in [-0.4, -0.2) is 25.9 Å². The number of ether oxygens (including phenoxy) is 1. The Morgan fingerprint density at radius 1 is 0.812 bits per heavy atom. The van der Waals surface area contributed by atoms with Crippen molar-refractivity contribution >= 4 is 18.4 Å². The van der Waals surface area contributed by atoms with Gasteiger partial charge in [-0.3, -0.25) is 0 Å². The fourth-order valence-corrected chi connectivity index (χ4v) is 5.26. The van der Waals surface area contributed by atoms with Crippen LogP contribution in [0.4, 0.5) is 0 Å². The lowest BCUT2D eigenvalue weighted by Crippen LogP contribution is -2.77. The van der Waals surface area contributed by atoms with E-state index in [4.69, 9.17) is 25.6 Å². The molecule has 1 atom stereocenters. The maximum Gasteiger partial charge on any atom is 0.368 e. The third-order valence-corrected chi connectivity index (χ3v) is 8.15. The molecule has 0 aliphatic heterocycles. The summed E-state index contributed by atoms with van der Waals surface area (Å²) in [6.07, 6.45) is 0. The van der Waals surface area contributed by atoms with Crippen molar-refractivity contribution in [2.45, 2.75) is 19.6 Å². The smallest absolute Gasteiger partial charge is 0.368 e. The van der Waals surface area contributed by atoms with Gasteiger partial charge in [0.05, 0.1) is 20.7 Å². The summed E-state index contributed by atoms with van der Waals surface area (Å²) >= 11 is 6.03. The average Bonchev–Trinajstić information content (AvgIpc) is 2.81. The van der Waals surface area contributed by atoms with Crippen molar-refractivity contribution in [3.8, 4) is 17.2 Å². The van der Waals surface area contributed by atoms with Crippen molar-refractivity contribution in [1.29, 1.82) is 0 Å². The Morgan fingerprint density at radius 2 is 1.28 bits per heavy atom. The van der Waals surface area contributed by atoms with E-state index in [1.54, 1.807) is 7.11 Å². The summed E-state index contributed by atoms with van der Waals surface area (Å²) in [5, 5.41) is 2.13. The Hall–Kier alpha value is -2.41. The topological polar surface area (TPSA) is 75.2 Å². The minimum atomic E-state index is -2.88. The molecule has 0 spiro atoms. The number of quaternary nitrogens is 2. The first kappa shape index (κ1) is 24.2. The lowest BCUT2D eigenvalue weighted by atomic mass is 10.2. The molecular formula is C24H32N3O3PS+2. The van der Waals surface area contributed by atoms with Crippen LogP contribution in [0.1, 0.15) is 16.7 Å². The molecule has 6 nitrogen and oxygen atoms in total. The summed E-state index contributed by atoms with van der Waals surface area (Å²) in [7, 11) is 5.65. The Kier molecular flexibility index (Phi) is 8.67. The van der Waals surface area contributed by atoms with E-state index in [0.29, 0.717) is 18.0 Å². The van der Waals surface area contributed by atoms with Crippen LogP contribution in [0, 0.1) is 0 Å². The molecule has 0 fully saturated rings. The van der Waals surface area contributed by atoms with E-state index in [1.165, 1.54) is 5.56 Å². The van der Waals surface area contributed by atoms with E-state index >= 15 is 0 Å². The fraction of sp³-hybridized carbons (Fsp3) is 0.250. The molecule has 0 saturated carbocycles. The summed E-state index contributed by atoms with van der Waals surface area (Å²) in [4.78, 5) is 0. The van der Waals surface area contributed by atoms with Crippen molar-refractivity contribution in [1.82, 2.24) is 4.67 Å². The van der Waals surface area contributed by atoms with E-state index in [9.17, 15) is 0 Å². The SMILES string of the molecule is C[NH2+]Cc1ccc(OP(=S)(Oc2ccc(C[NH3+])cc2)N(C)Cc2ccc(OC)cc2)cc1. The molecule has 8 heteroatoms. The van der Waals surface area contributed by atoms with Crippen LogP contribution < -0.4 is 24.8 Å². The van der Waals surface area contributed by atoms with Crippen molar-refractivity contribution in [3.05, 3.63) is 89.5 Å². The number of nitrogens with two attached hydrogens (primary N) is 1. The largest absolute Gasteiger partial charge is 0.497 e. The van der Waals surface area contributed by atoms with Crippen LogP contribution >= 0.6 is 6.64 Å². The van der Waals surface area contributed by atoms with Crippen molar-refractivity contribution in [2.24, 2.45) is 0 Å². The fourth-order valence-electron chi connectivity index (χ4n) is 3.15. The first-order valence-corrected chi connectivity index (χ1v) is 13.1. The zero-order valence-electron chi connectivity index (χ0n) is 18.9. The van der Waals surface area contributed by atoms with E-state index in [1.807, 2.05) is 79.4 Å². The Morgan fingerprint density at radius 3 is 1.75 bits per heavy atom. The second-order valence-corrected chi connectivity index (χ2v) is 10.8. The van der Waals surface area contributed by atoms with Gasteiger partial charge in [0.2, 0.25) is 0 Å². The molecule has 32 heavy (non-hydrogen) atoms. The lowest BCUT2D eigenvalue weighted by molar-refractivity contribution is -0.643. The van der Waals surface area contributed by atoms with E-state index in [2.05, 4.69) is 23.2 Å². The lowest BCUT2D eigenvalue weighted by Gasteiger charge is -2.31. The highest BCUT2D eigenvalue weighted by Gasteiger charge is 2.29. The minimum absolute atomic E-state index is 0.584. The van der Waals surface area contributed by atoms with Crippen LogP contribution in [0.25, 0.3) is 0 Å². The van der Waals surface area contributed by atoms with Gasteiger partial charge in [0.1, 0.15) is 23.8 Å². The average molecular weight is 474 g/mol. The highest BCUT2D eigenvalue weighted by Crippen LogP contribution is 2.52. The van der Waals surface area contributed by atoms with Gasteiger partial charge in [-0.1, -0.05) is 12.1 Å². The quantitative estimate of drug-likeness (QED) is 0.419. The molecule has 0 radical (unpaired) electrons. The molecule has 1 unspecified atom stereocenters. The van der Waals surface area contributed by atoms with Crippen molar-refractivity contribution < 1.29 is 24.8 Å². The van der Waals surface area contributed by atoms with Gasteiger partial charge in [-0.15, -0.1) is 0 Å². The van der Waals surface area contributed by atoms with Crippen LogP contribution in [0.2, 0.25) is 0 Å². The summed E-state index contributed by atoms with van der Waals surface area (Å²) in [5.74, 6) is 2.20. The highest BCUT2D eigenvalue weighted by atomic mass is 32.5. The van der Waals surface area contributed by atoms with Crippen LogP contribution in [0.3, 0.4) is 0 Å². The predicted octanol–water partition coefficient (Wildman–Crippen LogP) is 2.94. The molecule has 0 saturated heterocycles. The first-order valence-electron chi connectivity index (χ1n) is 10.5. The molecule has 0 aliphatic carbocycles. The number of rotatable bonds is 11. The van der Waals surface area contributed by atoms with Gasteiger partial charge in [0, 0.05) is 29.5 Å². The van der Waals surface area contributed by atoms with E-state index in [-0.39, 0.29) is 0 Å². The van der Waals surface area contributed by atoms with Crippen LogP contribution in [-0.2, 0) is 31.4 Å². The van der Waals surface area contributed by atoms with Crippen molar-refractivity contribution in [3.63, 3.8) is 0 Å². The van der Waals surface area contributed by atoms with Gasteiger partial charge in [-0.25, -0.2) is 4.67 Å². The van der Waals surface area contributed by atoms with Gasteiger partial charge < -0.3 is 24.8 Å². The molecule has 0 aromatic heterocycles. The second kappa shape index (κ2) is 11.5. The number of hydrogen-bond donors (Lipinski definition) is 2. The zero-order valence-corrected chi connectivity index (χ0v) is 20.6. The summed E-state index contributed by atoms with van der Waals surface area (Å²) in [6.45, 7) is -0.652. The standard InChI is InChI=1S/C24H30N3O3PS/c1-26-17-20-6-14-24(15-7-20)30-31(32,29-23-12-4-19(16-25)5-13-23)27(2)18-21-8-10-22(28-3)11-9-21/h4-15,26H,16-18,25H2,1-3H3/p+2. The molecule has 0 bridgehead atoms. The first-order chi connectivity index (χ1) is 15.5. The number of nitrogens with zero attached hydrogens (tertiary/aromatic N) is 1. The monoisotopic (exact) mass is 473 g/mol. The number of hydrogen-bond acceptors (Lipinski definition) is 4. The summed E-state index contributed by atoms with van der Waals surface area (Å²) < 4.78 is 19.9. The molecule has 5 N–H and O–H groups in total. The molecule has 170 valence electrons. The molecule has 3 rings (SSSR count). The summed E-state index contributed by atoms with van der Waals surface area (Å²) in [5.41, 5.74) is 7.39. The molecule has 3 aromatic carbocycles. The predicted molar refractivity (Wildman–Crippen MR) is 131 cm³/mol. The highest BCUT2D eigenvalue weighted by molar-refractivity contribution is 8.09. The second-order valence-electron chi connectivity index (χ2n) is 7.47. The van der Waals surface area contributed by atoms with Gasteiger partial charge in [0.15, 0.2) is 0 Å². The molecule has 0 aliphatic rings. The normalized spacial score (nSPS) is 12.9. The Bertz CT molecular complexity index is 1030. The Balaban J connectivity index is 1.84. The minimum Gasteiger partial charge on any atom is -0.497 e. The van der Waals surface area contributed by atoms with Crippen LogP contribution in [0.15, 0.2) is 72.8 Å². The van der Waals surface area contributed by atoms with Gasteiger partial charge in [-0.2, -0.15) is 0 Å². The van der Waals surface area contributed by atoms with Crippen LogP contribution in [0.5, 0.6) is 17.2 Å². The Labute approximate surface area is 195 Å². The number of benzene rings is 3. The van der Waals surface area contributed by atoms with Gasteiger partial charge in [0.25, 0.3) is 0 Å². The van der Waals surface area contributed by atoms with Gasteiger partial charge in [-0.05, 0) is 73.3 Å². The maximum absolute atomic E-state index is 6.36. The molecule has 3 aromatic rings. The van der Waals surface area contributed by atoms with E-state index in [0.717, 1.165) is 30.0 Å². The van der Waals surface area contributed by atoms with Gasteiger partial charge >= 0.3 is 6.64 Å².